The standard InChI is InChI=1S/C25H28BrO2P/c1-22(27)28-20-12-5-13-21-29(26,23-14-6-2-7-15-23,24-16-8-3-9-17-24)25-18-10-4-11-19-25/h2-4,6-11,14-19H,5,12-13,20-21H2,1H3. The fraction of sp³-hybridized carbons (Fsp3) is 0.240. The number of unbranched alkanes of at least 4 members (excludes halogenated alkanes) is 2. The van der Waals surface area contributed by atoms with E-state index in [9.17, 15) is 4.79 Å². The van der Waals surface area contributed by atoms with Gasteiger partial charge in [0.25, 0.3) is 0 Å². The van der Waals surface area contributed by atoms with Gasteiger partial charge in [0, 0.05) is 0 Å². The van der Waals surface area contributed by atoms with E-state index in [1.54, 1.807) is 0 Å². The fourth-order valence-electron chi connectivity index (χ4n) is 3.95. The van der Waals surface area contributed by atoms with Gasteiger partial charge in [0.2, 0.25) is 0 Å². The second-order valence-electron chi connectivity index (χ2n) is 7.31. The Morgan fingerprint density at radius 2 is 1.14 bits per heavy atom. The van der Waals surface area contributed by atoms with E-state index in [1.807, 2.05) is 0 Å². The van der Waals surface area contributed by atoms with Crippen LogP contribution in [0.3, 0.4) is 0 Å². The Morgan fingerprint density at radius 3 is 1.52 bits per heavy atom. The van der Waals surface area contributed by atoms with E-state index in [4.69, 9.17) is 4.74 Å². The predicted octanol–water partition coefficient (Wildman–Crippen LogP) is 5.56. The Kier molecular flexibility index (Phi) is 7.27. The molecule has 0 fully saturated rings. The summed E-state index contributed by atoms with van der Waals surface area (Å²) < 4.78 is 5.11. The Balaban J connectivity index is 2.03. The number of halogens is 1. The van der Waals surface area contributed by atoms with Gasteiger partial charge in [0.05, 0.1) is 0 Å². The molecule has 0 amide bonds. The average molecular weight is 471 g/mol. The van der Waals surface area contributed by atoms with Gasteiger partial charge in [-0.15, -0.1) is 0 Å². The van der Waals surface area contributed by atoms with Crippen LogP contribution in [0.2, 0.25) is 0 Å². The zero-order chi connectivity index (χ0) is 20.6. The van der Waals surface area contributed by atoms with E-state index in [2.05, 4.69) is 106 Å². The molecule has 3 aromatic rings. The quantitative estimate of drug-likeness (QED) is 0.232. The van der Waals surface area contributed by atoms with Crippen molar-refractivity contribution in [2.45, 2.75) is 26.2 Å². The van der Waals surface area contributed by atoms with Crippen molar-refractivity contribution < 1.29 is 9.53 Å². The molecule has 0 radical (unpaired) electrons. The summed E-state index contributed by atoms with van der Waals surface area (Å²) in [5, 5.41) is 1.22. The third kappa shape index (κ3) is 4.63. The molecule has 0 aliphatic heterocycles. The topological polar surface area (TPSA) is 26.3 Å². The van der Waals surface area contributed by atoms with Gasteiger partial charge in [-0.05, 0) is 0 Å². The zero-order valence-electron chi connectivity index (χ0n) is 16.8. The van der Waals surface area contributed by atoms with Gasteiger partial charge >= 0.3 is 182 Å². The van der Waals surface area contributed by atoms with Crippen LogP contribution in [0.15, 0.2) is 91.0 Å². The number of ether oxygens (including phenoxy) is 1. The fourth-order valence-corrected chi connectivity index (χ4v) is 11.7. The summed E-state index contributed by atoms with van der Waals surface area (Å²) in [6, 6.07) is 32.5. The first-order chi connectivity index (χ1) is 14.1. The Bertz CT molecular complexity index is 814. The van der Waals surface area contributed by atoms with Gasteiger partial charge in [0.15, 0.2) is 0 Å². The molecule has 0 aromatic heterocycles. The van der Waals surface area contributed by atoms with Crippen molar-refractivity contribution in [1.29, 1.82) is 0 Å². The van der Waals surface area contributed by atoms with Crippen LogP contribution in [0, 0.1) is 0 Å². The van der Waals surface area contributed by atoms with Crippen LogP contribution >= 0.6 is 20.8 Å². The number of benzene rings is 3. The monoisotopic (exact) mass is 470 g/mol. The second kappa shape index (κ2) is 9.69. The molecule has 4 heteroatoms. The van der Waals surface area contributed by atoms with Crippen LogP contribution in [-0.2, 0) is 9.53 Å². The minimum absolute atomic E-state index is 0.206. The first-order valence-corrected chi connectivity index (χ1v) is 14.5. The van der Waals surface area contributed by atoms with Gasteiger partial charge in [-0.25, -0.2) is 0 Å². The molecule has 0 spiro atoms. The van der Waals surface area contributed by atoms with E-state index in [0.717, 1.165) is 25.4 Å². The van der Waals surface area contributed by atoms with Crippen LogP contribution in [0.5, 0.6) is 0 Å². The number of hydrogen-bond donors (Lipinski definition) is 0. The molecule has 3 rings (SSSR count). The maximum absolute atomic E-state index is 11.0. The number of carbonyl (C=O) groups excluding carboxylic acids is 1. The van der Waals surface area contributed by atoms with Gasteiger partial charge in [-0.3, -0.25) is 0 Å². The van der Waals surface area contributed by atoms with Crippen molar-refractivity contribution in [1.82, 2.24) is 0 Å². The molecular weight excluding hydrogens is 443 g/mol. The normalized spacial score (nSPS) is 12.7. The minimum atomic E-state index is -2.81. The third-order valence-corrected chi connectivity index (χ3v) is 15.4. The van der Waals surface area contributed by atoms with Gasteiger partial charge < -0.3 is 0 Å². The molecule has 0 aliphatic carbocycles. The molecule has 0 saturated heterocycles. The van der Waals surface area contributed by atoms with Crippen LogP contribution in [0.1, 0.15) is 26.2 Å². The molecule has 0 unspecified atom stereocenters. The summed E-state index contributed by atoms with van der Waals surface area (Å²) >= 11 is 4.46. The van der Waals surface area contributed by atoms with Crippen molar-refractivity contribution in [3.63, 3.8) is 0 Å². The molecule has 0 aliphatic rings. The summed E-state index contributed by atoms with van der Waals surface area (Å²) in [4.78, 5) is 11.0. The average Bonchev–Trinajstić information content (AvgIpc) is 2.78. The Hall–Kier alpha value is -1.96. The van der Waals surface area contributed by atoms with Crippen molar-refractivity contribution in [2.75, 3.05) is 12.8 Å². The Morgan fingerprint density at radius 1 is 0.724 bits per heavy atom. The van der Waals surface area contributed by atoms with E-state index in [-0.39, 0.29) is 5.97 Å². The van der Waals surface area contributed by atoms with Crippen LogP contribution < -0.4 is 15.9 Å². The van der Waals surface area contributed by atoms with Crippen molar-refractivity contribution >= 4 is 42.7 Å². The number of rotatable bonds is 9. The first-order valence-electron chi connectivity index (χ1n) is 10.1. The summed E-state index contributed by atoms with van der Waals surface area (Å²) in [6.07, 6.45) is 3.97. The molecule has 2 nitrogen and oxygen atoms in total. The predicted molar refractivity (Wildman–Crippen MR) is 129 cm³/mol. The molecular formula is C25H28BrO2P. The van der Waals surface area contributed by atoms with Crippen LogP contribution in [0.4, 0.5) is 0 Å². The summed E-state index contributed by atoms with van der Waals surface area (Å²) in [5.41, 5.74) is 0. The molecule has 0 bridgehead atoms. The zero-order valence-corrected chi connectivity index (χ0v) is 19.3. The summed E-state index contributed by atoms with van der Waals surface area (Å²) in [5.74, 6) is -0.206. The first kappa shape index (κ1) is 21.7. The molecule has 0 N–H and O–H groups in total. The molecule has 3 aromatic carbocycles. The van der Waals surface area contributed by atoms with Crippen LogP contribution in [0.25, 0.3) is 0 Å². The van der Waals surface area contributed by atoms with E-state index >= 15 is 0 Å². The molecule has 0 saturated carbocycles. The van der Waals surface area contributed by atoms with Crippen molar-refractivity contribution in [3.8, 4) is 0 Å². The summed E-state index contributed by atoms with van der Waals surface area (Å²) in [7, 11) is 0. The number of hydrogen-bond acceptors (Lipinski definition) is 2. The van der Waals surface area contributed by atoms with Crippen molar-refractivity contribution in [2.24, 2.45) is 0 Å². The second-order valence-corrected chi connectivity index (χ2v) is 16.4. The summed E-state index contributed by atoms with van der Waals surface area (Å²) in [6.45, 7) is 1.96. The molecule has 0 atom stereocenters. The van der Waals surface area contributed by atoms with E-state index < -0.39 is 5.31 Å². The number of esters is 1. The molecule has 29 heavy (non-hydrogen) atoms. The maximum atomic E-state index is 11.0. The van der Waals surface area contributed by atoms with E-state index in [0.29, 0.717) is 6.61 Å². The molecule has 152 valence electrons. The molecule has 0 heterocycles. The SMILES string of the molecule is CC(=O)OCCCCCP(Br)(c1ccccc1)(c1ccccc1)c1ccccc1. The van der Waals surface area contributed by atoms with E-state index in [1.165, 1.54) is 22.8 Å². The van der Waals surface area contributed by atoms with Gasteiger partial charge in [-0.1, -0.05) is 0 Å². The Labute approximate surface area is 182 Å². The third-order valence-electron chi connectivity index (χ3n) is 5.41. The van der Waals surface area contributed by atoms with Crippen molar-refractivity contribution in [3.05, 3.63) is 91.0 Å². The van der Waals surface area contributed by atoms with Gasteiger partial charge in [0.1, 0.15) is 0 Å². The number of carbonyl (C=O) groups is 1. The van der Waals surface area contributed by atoms with Crippen LogP contribution in [-0.4, -0.2) is 18.7 Å². The van der Waals surface area contributed by atoms with Gasteiger partial charge in [-0.2, -0.15) is 0 Å².